The molecule has 0 saturated heterocycles. The molecule has 0 radical (unpaired) electrons. The van der Waals surface area contributed by atoms with Crippen molar-refractivity contribution in [2.75, 3.05) is 13.2 Å². The lowest BCUT2D eigenvalue weighted by molar-refractivity contribution is -0.137. The van der Waals surface area contributed by atoms with Crippen LogP contribution in [0.3, 0.4) is 0 Å². The Kier molecular flexibility index (Phi) is 7.02. The van der Waals surface area contributed by atoms with Crippen LogP contribution in [0.2, 0.25) is 0 Å². The summed E-state index contributed by atoms with van der Waals surface area (Å²) in [6, 6.07) is 5.66. The second-order valence-corrected chi connectivity index (χ2v) is 5.30. The topological polar surface area (TPSA) is 70.0 Å². The van der Waals surface area contributed by atoms with E-state index in [4.69, 9.17) is 9.84 Å². The number of hydrogen-bond acceptors (Lipinski definition) is 4. The van der Waals surface area contributed by atoms with E-state index in [-0.39, 0.29) is 12.2 Å². The number of hydrogen-bond donors (Lipinski definition) is 2. The number of carboxylic acid groups (broad SMARTS) is 1. The smallest absolute Gasteiger partial charge is 0.303 e. The summed E-state index contributed by atoms with van der Waals surface area (Å²) >= 11 is 0. The largest absolute Gasteiger partial charge is 0.504 e. The van der Waals surface area contributed by atoms with Crippen LogP contribution in [0.1, 0.15) is 39.2 Å². The molecular formula is C16H25NO4. The molecule has 0 fully saturated rings. The van der Waals surface area contributed by atoms with Crippen molar-refractivity contribution in [3.8, 4) is 11.5 Å². The molecule has 1 rings (SSSR count). The zero-order valence-electron chi connectivity index (χ0n) is 13.0. The van der Waals surface area contributed by atoms with Gasteiger partial charge in [-0.1, -0.05) is 6.07 Å². The molecule has 0 aromatic heterocycles. The Bertz CT molecular complexity index is 460. The van der Waals surface area contributed by atoms with Crippen molar-refractivity contribution < 1.29 is 19.7 Å². The first-order valence-corrected chi connectivity index (χ1v) is 7.34. The van der Waals surface area contributed by atoms with Gasteiger partial charge in [0.2, 0.25) is 0 Å². The van der Waals surface area contributed by atoms with Crippen molar-refractivity contribution in [1.29, 1.82) is 0 Å². The van der Waals surface area contributed by atoms with Crippen LogP contribution in [0.4, 0.5) is 0 Å². The second-order valence-electron chi connectivity index (χ2n) is 5.30. The lowest BCUT2D eigenvalue weighted by Crippen LogP contribution is -2.31. The van der Waals surface area contributed by atoms with E-state index < -0.39 is 5.97 Å². The predicted molar refractivity (Wildman–Crippen MR) is 81.7 cm³/mol. The van der Waals surface area contributed by atoms with Crippen LogP contribution in [0.25, 0.3) is 0 Å². The van der Waals surface area contributed by atoms with Crippen LogP contribution in [0, 0.1) is 0 Å². The first kappa shape index (κ1) is 17.3. The van der Waals surface area contributed by atoms with E-state index in [0.717, 1.165) is 12.1 Å². The molecule has 21 heavy (non-hydrogen) atoms. The van der Waals surface area contributed by atoms with Gasteiger partial charge >= 0.3 is 5.97 Å². The molecule has 0 atom stereocenters. The molecule has 118 valence electrons. The van der Waals surface area contributed by atoms with Crippen LogP contribution in [0.5, 0.6) is 11.5 Å². The number of phenols is 1. The summed E-state index contributed by atoms with van der Waals surface area (Å²) < 4.78 is 5.39. The van der Waals surface area contributed by atoms with E-state index in [9.17, 15) is 9.90 Å². The van der Waals surface area contributed by atoms with E-state index in [2.05, 4.69) is 18.7 Å². The third kappa shape index (κ3) is 6.04. The third-order valence-corrected chi connectivity index (χ3v) is 3.28. The summed E-state index contributed by atoms with van der Waals surface area (Å²) in [5.74, 6) is -0.131. The van der Waals surface area contributed by atoms with Gasteiger partial charge in [0.1, 0.15) is 0 Å². The summed E-state index contributed by atoms with van der Waals surface area (Å²) in [7, 11) is 0. The van der Waals surface area contributed by atoms with Crippen molar-refractivity contribution in [3.63, 3.8) is 0 Å². The van der Waals surface area contributed by atoms with Gasteiger partial charge in [0, 0.05) is 19.0 Å². The monoisotopic (exact) mass is 295 g/mol. The molecule has 0 heterocycles. The molecule has 0 bridgehead atoms. The van der Waals surface area contributed by atoms with Gasteiger partial charge in [0.15, 0.2) is 11.5 Å². The Morgan fingerprint density at radius 3 is 2.67 bits per heavy atom. The molecule has 0 saturated carbocycles. The summed E-state index contributed by atoms with van der Waals surface area (Å²) in [6.45, 7) is 7.99. The summed E-state index contributed by atoms with van der Waals surface area (Å²) in [5.41, 5.74) is 1.04. The fourth-order valence-electron chi connectivity index (χ4n) is 2.12. The molecule has 1 aromatic carbocycles. The molecule has 5 nitrogen and oxygen atoms in total. The van der Waals surface area contributed by atoms with E-state index in [1.54, 1.807) is 6.07 Å². The fraction of sp³-hybridized carbons (Fsp3) is 0.562. The average molecular weight is 295 g/mol. The molecule has 1 aromatic rings. The SMILES string of the molecule is CCOc1cc(CN(CCCC(=O)O)C(C)C)ccc1O. The second kappa shape index (κ2) is 8.52. The quantitative estimate of drug-likeness (QED) is 0.733. The van der Waals surface area contributed by atoms with Gasteiger partial charge < -0.3 is 14.9 Å². The maximum Gasteiger partial charge on any atom is 0.303 e. The number of nitrogens with zero attached hydrogens (tertiary/aromatic N) is 1. The number of aromatic hydroxyl groups is 1. The lowest BCUT2D eigenvalue weighted by atomic mass is 10.1. The maximum absolute atomic E-state index is 10.6. The highest BCUT2D eigenvalue weighted by atomic mass is 16.5. The summed E-state index contributed by atoms with van der Waals surface area (Å²) in [5, 5.41) is 18.4. The standard InChI is InChI=1S/C16H25NO4/c1-4-21-15-10-13(7-8-14(15)18)11-17(12(2)3)9-5-6-16(19)20/h7-8,10,12,18H,4-6,9,11H2,1-3H3,(H,19,20). The van der Waals surface area contributed by atoms with E-state index in [1.165, 1.54) is 0 Å². The van der Waals surface area contributed by atoms with Gasteiger partial charge in [-0.25, -0.2) is 0 Å². The van der Waals surface area contributed by atoms with Crippen molar-refractivity contribution in [2.24, 2.45) is 0 Å². The number of phenolic OH excluding ortho intramolecular Hbond substituents is 1. The number of rotatable bonds is 9. The first-order valence-electron chi connectivity index (χ1n) is 7.34. The Labute approximate surface area is 126 Å². The van der Waals surface area contributed by atoms with E-state index in [1.807, 2.05) is 19.1 Å². The van der Waals surface area contributed by atoms with Gasteiger partial charge in [-0.15, -0.1) is 0 Å². The normalized spacial score (nSPS) is 11.1. The van der Waals surface area contributed by atoms with Crippen LogP contribution >= 0.6 is 0 Å². The Morgan fingerprint density at radius 2 is 2.10 bits per heavy atom. The van der Waals surface area contributed by atoms with Gasteiger partial charge in [0.05, 0.1) is 6.61 Å². The molecule has 0 amide bonds. The Morgan fingerprint density at radius 1 is 1.38 bits per heavy atom. The van der Waals surface area contributed by atoms with Crippen LogP contribution in [-0.2, 0) is 11.3 Å². The zero-order valence-corrected chi connectivity index (χ0v) is 13.0. The van der Waals surface area contributed by atoms with Crippen molar-refractivity contribution >= 4 is 5.97 Å². The predicted octanol–water partition coefficient (Wildman–Crippen LogP) is 2.87. The first-order chi connectivity index (χ1) is 9.93. The van der Waals surface area contributed by atoms with Crippen LogP contribution < -0.4 is 4.74 Å². The average Bonchev–Trinajstić information content (AvgIpc) is 2.41. The maximum atomic E-state index is 10.6. The van der Waals surface area contributed by atoms with Gasteiger partial charge in [-0.05, 0) is 51.4 Å². The minimum atomic E-state index is -0.762. The fourth-order valence-corrected chi connectivity index (χ4v) is 2.12. The number of carbonyl (C=O) groups is 1. The van der Waals surface area contributed by atoms with Crippen LogP contribution in [-0.4, -0.2) is 40.3 Å². The highest BCUT2D eigenvalue weighted by molar-refractivity contribution is 5.66. The van der Waals surface area contributed by atoms with Crippen molar-refractivity contribution in [3.05, 3.63) is 23.8 Å². The minimum absolute atomic E-state index is 0.141. The minimum Gasteiger partial charge on any atom is -0.504 e. The van der Waals surface area contributed by atoms with Crippen molar-refractivity contribution in [2.45, 2.75) is 46.2 Å². The summed E-state index contributed by atoms with van der Waals surface area (Å²) in [6.07, 6.45) is 0.812. The van der Waals surface area contributed by atoms with Gasteiger partial charge in [0.25, 0.3) is 0 Å². The summed E-state index contributed by atoms with van der Waals surface area (Å²) in [4.78, 5) is 12.8. The number of ether oxygens (including phenoxy) is 1. The highest BCUT2D eigenvalue weighted by Gasteiger charge is 2.12. The molecule has 5 heteroatoms. The van der Waals surface area contributed by atoms with E-state index in [0.29, 0.717) is 31.4 Å². The number of aliphatic carboxylic acids is 1. The van der Waals surface area contributed by atoms with Crippen LogP contribution in [0.15, 0.2) is 18.2 Å². The molecular weight excluding hydrogens is 270 g/mol. The van der Waals surface area contributed by atoms with Gasteiger partial charge in [-0.3, -0.25) is 9.69 Å². The Hall–Kier alpha value is -1.75. The van der Waals surface area contributed by atoms with E-state index >= 15 is 0 Å². The third-order valence-electron chi connectivity index (χ3n) is 3.28. The zero-order chi connectivity index (χ0) is 15.8. The highest BCUT2D eigenvalue weighted by Crippen LogP contribution is 2.27. The number of carboxylic acids is 1. The molecule has 0 aliphatic rings. The molecule has 0 aliphatic heterocycles. The Balaban J connectivity index is 2.70. The molecule has 0 spiro atoms. The molecule has 0 aliphatic carbocycles. The van der Waals surface area contributed by atoms with Gasteiger partial charge in [-0.2, -0.15) is 0 Å². The lowest BCUT2D eigenvalue weighted by Gasteiger charge is -2.26. The number of benzene rings is 1. The molecule has 2 N–H and O–H groups in total. The molecule has 0 unspecified atom stereocenters. The van der Waals surface area contributed by atoms with Crippen molar-refractivity contribution in [1.82, 2.24) is 4.90 Å².